The van der Waals surface area contributed by atoms with Gasteiger partial charge in [-0.3, -0.25) is 14.5 Å². The molecule has 2 unspecified atom stereocenters. The van der Waals surface area contributed by atoms with Crippen LogP contribution in [-0.4, -0.2) is 54.7 Å². The fourth-order valence-electron chi connectivity index (χ4n) is 6.57. The van der Waals surface area contributed by atoms with E-state index in [4.69, 9.17) is 14.6 Å². The van der Waals surface area contributed by atoms with Crippen molar-refractivity contribution in [3.63, 3.8) is 0 Å². The van der Waals surface area contributed by atoms with Crippen LogP contribution in [0.2, 0.25) is 0 Å². The molecule has 2 aliphatic rings. The lowest BCUT2D eigenvalue weighted by Gasteiger charge is -2.34. The second-order valence-corrected chi connectivity index (χ2v) is 11.8. The molecule has 2 heterocycles. The number of nitriles is 1. The fraction of sp³-hybridized carbons (Fsp3) is 0.364. The molecule has 1 aromatic heterocycles. The topological polar surface area (TPSA) is 142 Å². The lowest BCUT2D eigenvalue weighted by Crippen LogP contribution is -2.41. The number of hydrogen-bond donors (Lipinski definition) is 2. The van der Waals surface area contributed by atoms with Crippen LogP contribution in [0, 0.1) is 18.3 Å². The Hall–Kier alpha value is -4.75. The normalized spacial score (nSPS) is 17.8. The van der Waals surface area contributed by atoms with Gasteiger partial charge in [0.15, 0.2) is 0 Å². The Bertz CT molecular complexity index is 1740. The van der Waals surface area contributed by atoms with Crippen molar-refractivity contribution < 1.29 is 24.5 Å². The third-order valence-electron chi connectivity index (χ3n) is 8.43. The average Bonchev–Trinajstić information content (AvgIpc) is 3.52. The lowest BCUT2D eigenvalue weighted by molar-refractivity contribution is -0.137. The van der Waals surface area contributed by atoms with E-state index in [1.54, 1.807) is 4.68 Å². The number of nitrogens with zero attached hydrogens (tertiary/aromatic N) is 5. The van der Waals surface area contributed by atoms with Crippen molar-refractivity contribution in [1.82, 2.24) is 19.9 Å². The van der Waals surface area contributed by atoms with Gasteiger partial charge in [0.1, 0.15) is 16.9 Å². The molecular weight excluding hydrogens is 546 g/mol. The van der Waals surface area contributed by atoms with Gasteiger partial charge in [0.25, 0.3) is 6.47 Å². The van der Waals surface area contributed by atoms with E-state index in [0.717, 1.165) is 65.0 Å². The van der Waals surface area contributed by atoms with E-state index < -0.39 is 11.6 Å². The minimum absolute atomic E-state index is 0.00471. The van der Waals surface area contributed by atoms with Crippen molar-refractivity contribution >= 4 is 23.5 Å². The van der Waals surface area contributed by atoms with E-state index in [1.807, 2.05) is 44.3 Å². The van der Waals surface area contributed by atoms with Crippen molar-refractivity contribution in [3.05, 3.63) is 87.5 Å². The zero-order valence-corrected chi connectivity index (χ0v) is 24.7. The Morgan fingerprint density at radius 2 is 1.95 bits per heavy atom. The summed E-state index contributed by atoms with van der Waals surface area (Å²) in [6.07, 6.45) is 1.97. The highest BCUT2D eigenvalue weighted by Crippen LogP contribution is 2.43. The van der Waals surface area contributed by atoms with Crippen molar-refractivity contribution in [2.45, 2.75) is 64.1 Å². The molecule has 222 valence electrons. The monoisotopic (exact) mass is 581 g/mol. The number of fused-ring (bicyclic) bond motifs is 3. The highest BCUT2D eigenvalue weighted by Gasteiger charge is 2.36. The van der Waals surface area contributed by atoms with Gasteiger partial charge in [0, 0.05) is 37.7 Å². The largest absolute Gasteiger partial charge is 0.486 e. The Morgan fingerprint density at radius 1 is 1.21 bits per heavy atom. The quantitative estimate of drug-likeness (QED) is 0.307. The maximum Gasteiger partial charge on any atom is 0.304 e. The lowest BCUT2D eigenvalue weighted by atomic mass is 9.84. The highest BCUT2D eigenvalue weighted by atomic mass is 16.5. The number of carbonyl (C=O) groups is 2. The van der Waals surface area contributed by atoms with E-state index in [-0.39, 0.29) is 24.9 Å². The van der Waals surface area contributed by atoms with Gasteiger partial charge in [0.2, 0.25) is 0 Å². The summed E-state index contributed by atoms with van der Waals surface area (Å²) in [5, 5.41) is 34.7. The Labute approximate surface area is 250 Å². The van der Waals surface area contributed by atoms with Gasteiger partial charge in [0.05, 0.1) is 23.6 Å². The summed E-state index contributed by atoms with van der Waals surface area (Å²) in [4.78, 5) is 22.9. The number of carboxylic acids is 1. The SMILES string of the molecule is Cc1c(C(CC(=O)O)c2ccc3c(c2)C(N2Cc4ccc(C#N)cc4OC(C)(C)C2)CC3)ccc2c1nnn2C.O=CO. The van der Waals surface area contributed by atoms with Crippen LogP contribution in [0.3, 0.4) is 0 Å². The summed E-state index contributed by atoms with van der Waals surface area (Å²) in [5.41, 5.74) is 8.48. The standard InChI is InChI=1S/C32H33N5O3.CH2O2/c1-19-24(10-12-28-31(19)34-35-36(28)4)25(15-30(38)39)22-8-7-21-9-11-27(26(21)14-22)37-17-23-6-5-20(16-33)13-29(23)40-32(2,3)18-37;2-1-3/h5-8,10,12-14,25,27H,9,11,15,17-18H2,1-4H3,(H,38,39);1H,(H,2,3). The molecule has 0 spiro atoms. The van der Waals surface area contributed by atoms with Crippen LogP contribution < -0.4 is 4.74 Å². The summed E-state index contributed by atoms with van der Waals surface area (Å²) in [6, 6.07) is 18.6. The summed E-state index contributed by atoms with van der Waals surface area (Å²) < 4.78 is 8.15. The minimum Gasteiger partial charge on any atom is -0.486 e. The first-order chi connectivity index (χ1) is 20.5. The van der Waals surface area contributed by atoms with E-state index in [0.29, 0.717) is 5.56 Å². The number of rotatable bonds is 5. The predicted molar refractivity (Wildman–Crippen MR) is 160 cm³/mol. The van der Waals surface area contributed by atoms with E-state index in [2.05, 4.69) is 53.3 Å². The average molecular weight is 582 g/mol. The van der Waals surface area contributed by atoms with Crippen molar-refractivity contribution in [2.75, 3.05) is 6.54 Å². The van der Waals surface area contributed by atoms with E-state index >= 15 is 0 Å². The molecule has 6 rings (SSSR count). The van der Waals surface area contributed by atoms with Gasteiger partial charge in [-0.25, -0.2) is 4.68 Å². The van der Waals surface area contributed by atoms with Gasteiger partial charge in [-0.1, -0.05) is 35.5 Å². The third kappa shape index (κ3) is 5.94. The predicted octanol–water partition coefficient (Wildman–Crippen LogP) is 5.12. The Morgan fingerprint density at radius 3 is 2.67 bits per heavy atom. The second kappa shape index (κ2) is 11.9. The molecule has 10 nitrogen and oxygen atoms in total. The summed E-state index contributed by atoms with van der Waals surface area (Å²) in [6.45, 7) is 7.40. The Balaban J connectivity index is 0.00000118. The fourth-order valence-corrected chi connectivity index (χ4v) is 6.57. The molecule has 0 saturated carbocycles. The van der Waals surface area contributed by atoms with Crippen LogP contribution in [0.25, 0.3) is 11.0 Å². The molecule has 0 fully saturated rings. The van der Waals surface area contributed by atoms with Crippen LogP contribution in [-0.2, 0) is 29.6 Å². The van der Waals surface area contributed by atoms with Crippen LogP contribution in [0.1, 0.15) is 77.6 Å². The third-order valence-corrected chi connectivity index (χ3v) is 8.43. The molecule has 2 atom stereocenters. The number of aromatic nitrogens is 3. The van der Waals surface area contributed by atoms with Gasteiger partial charge >= 0.3 is 5.97 Å². The smallest absolute Gasteiger partial charge is 0.304 e. The molecule has 3 aromatic carbocycles. The highest BCUT2D eigenvalue weighted by molar-refractivity contribution is 5.80. The summed E-state index contributed by atoms with van der Waals surface area (Å²) >= 11 is 0. The zero-order chi connectivity index (χ0) is 30.9. The van der Waals surface area contributed by atoms with Crippen LogP contribution in [0.4, 0.5) is 0 Å². The van der Waals surface area contributed by atoms with Crippen LogP contribution in [0.5, 0.6) is 5.75 Å². The summed E-state index contributed by atoms with van der Waals surface area (Å²) in [5.74, 6) is -0.361. The molecule has 43 heavy (non-hydrogen) atoms. The molecule has 0 bridgehead atoms. The minimum atomic E-state index is -0.833. The maximum absolute atomic E-state index is 12.1. The number of hydrogen-bond acceptors (Lipinski definition) is 7. The number of ether oxygens (including phenoxy) is 1. The second-order valence-electron chi connectivity index (χ2n) is 11.8. The number of benzene rings is 3. The molecule has 10 heteroatoms. The van der Waals surface area contributed by atoms with E-state index in [9.17, 15) is 15.2 Å². The van der Waals surface area contributed by atoms with Crippen molar-refractivity contribution in [2.24, 2.45) is 7.05 Å². The van der Waals surface area contributed by atoms with E-state index in [1.165, 1.54) is 11.1 Å². The number of aliphatic carboxylic acids is 1. The van der Waals surface area contributed by atoms with Crippen molar-refractivity contribution in [3.8, 4) is 11.8 Å². The number of aryl methyl sites for hydroxylation is 3. The first-order valence-electron chi connectivity index (χ1n) is 14.2. The van der Waals surface area contributed by atoms with Crippen LogP contribution >= 0.6 is 0 Å². The Kier molecular flexibility index (Phi) is 8.20. The van der Waals surface area contributed by atoms with Gasteiger partial charge in [-0.15, -0.1) is 5.10 Å². The maximum atomic E-state index is 12.1. The van der Waals surface area contributed by atoms with Crippen LogP contribution in [0.15, 0.2) is 48.5 Å². The molecule has 2 N–H and O–H groups in total. The van der Waals surface area contributed by atoms with Gasteiger partial charge < -0.3 is 14.9 Å². The van der Waals surface area contributed by atoms with Gasteiger partial charge in [-0.2, -0.15) is 5.26 Å². The molecule has 4 aromatic rings. The van der Waals surface area contributed by atoms with Crippen molar-refractivity contribution in [1.29, 1.82) is 5.26 Å². The molecule has 0 saturated heterocycles. The number of carboxylic acid groups (broad SMARTS) is 2. The first-order valence-corrected chi connectivity index (χ1v) is 14.2. The van der Waals surface area contributed by atoms with Gasteiger partial charge in [-0.05, 0) is 79.6 Å². The molecule has 0 amide bonds. The zero-order valence-electron chi connectivity index (χ0n) is 24.7. The molecule has 1 aliphatic heterocycles. The molecule has 0 radical (unpaired) electrons. The molecule has 1 aliphatic carbocycles. The summed E-state index contributed by atoms with van der Waals surface area (Å²) in [7, 11) is 1.86. The first kappa shape index (κ1) is 29.7. The molecular formula is C33H35N5O5.